The van der Waals surface area contributed by atoms with E-state index in [4.69, 9.17) is 32.8 Å². The van der Waals surface area contributed by atoms with Gasteiger partial charge in [-0.1, -0.05) is 23.7 Å². The van der Waals surface area contributed by atoms with Gasteiger partial charge in [-0.05, 0) is 36.4 Å². The van der Waals surface area contributed by atoms with E-state index < -0.39 is 18.2 Å². The Labute approximate surface area is 154 Å². The van der Waals surface area contributed by atoms with Crippen LogP contribution in [0.1, 0.15) is 16.8 Å². The number of hydroxylamine groups is 2. The second-order valence-corrected chi connectivity index (χ2v) is 6.00. The molecule has 130 valence electrons. The number of carbonyl (C=O) groups is 2. The molecule has 0 fully saturated rings. The standard InChI is InChI=1S/C17H14Cl2N2O4/c18-10-9-15-21(16(22)13-3-1-2-4-14(13)24-15)25-17(23)20-12-7-5-11(19)6-8-12/h1-8,15H,9-10H2,(H,20,23)/t15-/m0/s1. The van der Waals surface area contributed by atoms with E-state index in [9.17, 15) is 9.59 Å². The molecule has 0 unspecified atom stereocenters. The number of amides is 2. The molecule has 0 aromatic heterocycles. The lowest BCUT2D eigenvalue weighted by molar-refractivity contribution is -0.153. The van der Waals surface area contributed by atoms with Gasteiger partial charge in [0.05, 0.1) is 5.56 Å². The molecule has 0 saturated carbocycles. The van der Waals surface area contributed by atoms with Crippen molar-refractivity contribution >= 4 is 40.9 Å². The lowest BCUT2D eigenvalue weighted by Crippen LogP contribution is -2.49. The van der Waals surface area contributed by atoms with Crippen molar-refractivity contribution in [3.63, 3.8) is 0 Å². The van der Waals surface area contributed by atoms with Gasteiger partial charge in [0, 0.05) is 23.0 Å². The quantitative estimate of drug-likeness (QED) is 0.803. The number of rotatable bonds is 4. The van der Waals surface area contributed by atoms with E-state index in [1.807, 2.05) is 0 Å². The first-order valence-electron chi connectivity index (χ1n) is 7.48. The first kappa shape index (κ1) is 17.4. The zero-order valence-electron chi connectivity index (χ0n) is 12.9. The van der Waals surface area contributed by atoms with Crippen molar-refractivity contribution in [2.45, 2.75) is 12.6 Å². The largest absolute Gasteiger partial charge is 0.466 e. The lowest BCUT2D eigenvalue weighted by atomic mass is 10.1. The topological polar surface area (TPSA) is 67.9 Å². The van der Waals surface area contributed by atoms with Crippen molar-refractivity contribution in [3.8, 4) is 5.75 Å². The second kappa shape index (κ2) is 7.63. The molecule has 2 aromatic rings. The summed E-state index contributed by atoms with van der Waals surface area (Å²) in [6, 6.07) is 13.2. The van der Waals surface area contributed by atoms with Gasteiger partial charge in [0.25, 0.3) is 5.91 Å². The number of benzene rings is 2. The number of nitrogens with zero attached hydrogens (tertiary/aromatic N) is 1. The highest BCUT2D eigenvalue weighted by Crippen LogP contribution is 2.29. The molecular weight excluding hydrogens is 367 g/mol. The van der Waals surface area contributed by atoms with E-state index in [1.165, 1.54) is 0 Å². The van der Waals surface area contributed by atoms with E-state index in [2.05, 4.69) is 5.32 Å². The minimum Gasteiger partial charge on any atom is -0.466 e. The zero-order valence-corrected chi connectivity index (χ0v) is 14.5. The molecule has 1 atom stereocenters. The highest BCUT2D eigenvalue weighted by atomic mass is 35.5. The molecule has 0 radical (unpaired) electrons. The molecule has 0 spiro atoms. The number of hydrogen-bond acceptors (Lipinski definition) is 4. The summed E-state index contributed by atoms with van der Waals surface area (Å²) in [5.41, 5.74) is 0.793. The molecule has 0 saturated heterocycles. The van der Waals surface area contributed by atoms with Gasteiger partial charge < -0.3 is 9.57 Å². The lowest BCUT2D eigenvalue weighted by Gasteiger charge is -2.34. The summed E-state index contributed by atoms with van der Waals surface area (Å²) >= 11 is 11.6. The summed E-state index contributed by atoms with van der Waals surface area (Å²) in [5, 5.41) is 3.96. The average Bonchev–Trinajstić information content (AvgIpc) is 2.60. The number of halogens is 2. The van der Waals surface area contributed by atoms with E-state index in [-0.39, 0.29) is 5.88 Å². The van der Waals surface area contributed by atoms with Crippen LogP contribution in [0.2, 0.25) is 5.02 Å². The summed E-state index contributed by atoms with van der Waals surface area (Å²) < 4.78 is 5.72. The van der Waals surface area contributed by atoms with Crippen LogP contribution in [0.4, 0.5) is 10.5 Å². The molecule has 8 heteroatoms. The maximum atomic E-state index is 12.6. The Morgan fingerprint density at radius 1 is 1.20 bits per heavy atom. The van der Waals surface area contributed by atoms with Gasteiger partial charge >= 0.3 is 6.09 Å². The van der Waals surface area contributed by atoms with Crippen LogP contribution in [0, 0.1) is 0 Å². The number of carbonyl (C=O) groups excluding carboxylic acids is 2. The van der Waals surface area contributed by atoms with Crippen molar-refractivity contribution in [3.05, 3.63) is 59.1 Å². The third-order valence-corrected chi connectivity index (χ3v) is 3.94. The van der Waals surface area contributed by atoms with E-state index >= 15 is 0 Å². The Morgan fingerprint density at radius 3 is 2.64 bits per heavy atom. The van der Waals surface area contributed by atoms with Gasteiger partial charge in [0.2, 0.25) is 6.23 Å². The van der Waals surface area contributed by atoms with Gasteiger partial charge in [-0.2, -0.15) is 0 Å². The van der Waals surface area contributed by atoms with E-state index in [1.54, 1.807) is 48.5 Å². The molecule has 0 aliphatic carbocycles. The minimum atomic E-state index is -0.821. The predicted molar refractivity (Wildman–Crippen MR) is 93.9 cm³/mol. The van der Waals surface area contributed by atoms with Crippen LogP contribution in [0.5, 0.6) is 5.75 Å². The van der Waals surface area contributed by atoms with Crippen molar-refractivity contribution in [1.82, 2.24) is 5.06 Å². The molecular formula is C17H14Cl2N2O4. The Kier molecular flexibility index (Phi) is 5.31. The second-order valence-electron chi connectivity index (χ2n) is 5.19. The number of fused-ring (bicyclic) bond motifs is 1. The van der Waals surface area contributed by atoms with Crippen LogP contribution in [-0.2, 0) is 4.84 Å². The number of anilines is 1. The van der Waals surface area contributed by atoms with Gasteiger partial charge in [0.15, 0.2) is 0 Å². The minimum absolute atomic E-state index is 0.235. The highest BCUT2D eigenvalue weighted by molar-refractivity contribution is 6.30. The van der Waals surface area contributed by atoms with Crippen LogP contribution >= 0.6 is 23.2 Å². The molecule has 0 bridgehead atoms. The fourth-order valence-electron chi connectivity index (χ4n) is 2.32. The summed E-state index contributed by atoms with van der Waals surface area (Å²) in [6.07, 6.45) is -1.32. The summed E-state index contributed by atoms with van der Waals surface area (Å²) in [7, 11) is 0. The molecule has 25 heavy (non-hydrogen) atoms. The maximum Gasteiger partial charge on any atom is 0.436 e. The van der Waals surface area contributed by atoms with Gasteiger partial charge in [-0.15, -0.1) is 16.7 Å². The fourth-order valence-corrected chi connectivity index (χ4v) is 2.64. The third kappa shape index (κ3) is 3.97. The number of para-hydroxylation sites is 1. The van der Waals surface area contributed by atoms with Crippen LogP contribution in [0.3, 0.4) is 0 Å². The SMILES string of the molecule is O=C(Nc1ccc(Cl)cc1)ON1C(=O)c2ccccc2O[C@H]1CCCl. The number of alkyl halides is 1. The smallest absolute Gasteiger partial charge is 0.436 e. The number of nitrogens with one attached hydrogen (secondary N) is 1. The number of hydrogen-bond donors (Lipinski definition) is 1. The summed E-state index contributed by atoms with van der Waals surface area (Å²) in [5.74, 6) is 0.197. The van der Waals surface area contributed by atoms with Gasteiger partial charge in [-0.3, -0.25) is 10.1 Å². The van der Waals surface area contributed by atoms with Crippen molar-refractivity contribution in [1.29, 1.82) is 0 Å². The molecule has 2 aromatic carbocycles. The van der Waals surface area contributed by atoms with Crippen molar-refractivity contribution in [2.24, 2.45) is 0 Å². The Bertz CT molecular complexity index is 782. The Balaban J connectivity index is 1.75. The molecule has 1 N–H and O–H groups in total. The zero-order chi connectivity index (χ0) is 17.8. The first-order chi connectivity index (χ1) is 12.1. The van der Waals surface area contributed by atoms with Gasteiger partial charge in [0.1, 0.15) is 5.75 Å². The van der Waals surface area contributed by atoms with Crippen LogP contribution < -0.4 is 10.1 Å². The van der Waals surface area contributed by atoms with Gasteiger partial charge in [-0.25, -0.2) is 4.79 Å². The van der Waals surface area contributed by atoms with Crippen molar-refractivity contribution in [2.75, 3.05) is 11.2 Å². The molecule has 1 aliphatic rings. The van der Waals surface area contributed by atoms with E-state index in [0.717, 1.165) is 5.06 Å². The Morgan fingerprint density at radius 2 is 1.92 bits per heavy atom. The third-order valence-electron chi connectivity index (χ3n) is 3.47. The first-order valence-corrected chi connectivity index (χ1v) is 8.39. The number of ether oxygens (including phenoxy) is 1. The predicted octanol–water partition coefficient (Wildman–Crippen LogP) is 4.29. The van der Waals surface area contributed by atoms with Crippen LogP contribution in [-0.4, -0.2) is 29.2 Å². The fraction of sp³-hybridized carbons (Fsp3) is 0.176. The van der Waals surface area contributed by atoms with E-state index in [0.29, 0.717) is 28.4 Å². The van der Waals surface area contributed by atoms with Crippen LogP contribution in [0.15, 0.2) is 48.5 Å². The normalized spacial score (nSPS) is 16.0. The Hall–Kier alpha value is -2.44. The molecule has 2 amide bonds. The molecule has 3 rings (SSSR count). The highest BCUT2D eigenvalue weighted by Gasteiger charge is 2.36. The molecule has 1 heterocycles. The van der Waals surface area contributed by atoms with Crippen LogP contribution in [0.25, 0.3) is 0 Å². The molecule has 6 nitrogen and oxygen atoms in total. The molecule has 1 aliphatic heterocycles. The summed E-state index contributed by atoms with van der Waals surface area (Å²) in [4.78, 5) is 29.9. The van der Waals surface area contributed by atoms with Crippen molar-refractivity contribution < 1.29 is 19.2 Å². The summed E-state index contributed by atoms with van der Waals surface area (Å²) in [6.45, 7) is 0. The maximum absolute atomic E-state index is 12.6. The average molecular weight is 381 g/mol. The monoisotopic (exact) mass is 380 g/mol.